The molecule has 0 spiro atoms. The standard InChI is InChI=1S/C12H12N4OS/c1-7-11(18-6-15-7)5-14-12-16-9-3-2-8(13)4-10(9)17-12/h2-4,6H,5,13H2,1H3,(H,14,16). The Hall–Kier alpha value is -2.08. The van der Waals surface area contributed by atoms with Crippen molar-refractivity contribution in [3.05, 3.63) is 34.3 Å². The number of fused-ring (bicyclic) bond motifs is 1. The van der Waals surface area contributed by atoms with Gasteiger partial charge in [0.2, 0.25) is 0 Å². The molecule has 3 aromatic rings. The lowest BCUT2D eigenvalue weighted by molar-refractivity contribution is 0.615. The molecule has 0 saturated heterocycles. The summed E-state index contributed by atoms with van der Waals surface area (Å²) in [5.74, 6) is 0. The summed E-state index contributed by atoms with van der Waals surface area (Å²) in [6, 6.07) is 5.92. The molecule has 0 bridgehead atoms. The maximum Gasteiger partial charge on any atom is 0.295 e. The summed E-state index contributed by atoms with van der Waals surface area (Å²) in [6.45, 7) is 2.65. The molecule has 1 aromatic carbocycles. The molecule has 5 nitrogen and oxygen atoms in total. The van der Waals surface area contributed by atoms with E-state index in [9.17, 15) is 0 Å². The Bertz CT molecular complexity index is 688. The molecular weight excluding hydrogens is 248 g/mol. The van der Waals surface area contributed by atoms with Crippen molar-refractivity contribution in [3.63, 3.8) is 0 Å². The Morgan fingerprint density at radius 1 is 1.44 bits per heavy atom. The van der Waals surface area contributed by atoms with Gasteiger partial charge in [0.25, 0.3) is 6.01 Å². The Kier molecular flexibility index (Phi) is 2.64. The fourth-order valence-electron chi connectivity index (χ4n) is 1.67. The molecule has 92 valence electrons. The maximum absolute atomic E-state index is 5.69. The first kappa shape index (κ1) is 11.0. The van der Waals surface area contributed by atoms with Crippen molar-refractivity contribution in [3.8, 4) is 0 Å². The molecule has 3 N–H and O–H groups in total. The fourth-order valence-corrected chi connectivity index (χ4v) is 2.39. The van der Waals surface area contributed by atoms with Crippen molar-refractivity contribution in [2.45, 2.75) is 13.5 Å². The first-order valence-electron chi connectivity index (χ1n) is 5.51. The quantitative estimate of drug-likeness (QED) is 0.708. The van der Waals surface area contributed by atoms with Crippen LogP contribution in [0.25, 0.3) is 11.1 Å². The van der Waals surface area contributed by atoms with E-state index in [1.54, 1.807) is 17.4 Å². The van der Waals surface area contributed by atoms with Crippen LogP contribution in [0.3, 0.4) is 0 Å². The Labute approximate surface area is 108 Å². The van der Waals surface area contributed by atoms with Crippen molar-refractivity contribution in [2.24, 2.45) is 0 Å². The minimum absolute atomic E-state index is 0.503. The molecule has 0 fully saturated rings. The molecule has 18 heavy (non-hydrogen) atoms. The summed E-state index contributed by atoms with van der Waals surface area (Å²) in [4.78, 5) is 9.71. The number of nitrogen functional groups attached to an aromatic ring is 1. The molecule has 0 aliphatic rings. The zero-order chi connectivity index (χ0) is 12.5. The summed E-state index contributed by atoms with van der Waals surface area (Å²) < 4.78 is 5.57. The van der Waals surface area contributed by atoms with Gasteiger partial charge in [0.05, 0.1) is 17.7 Å². The van der Waals surface area contributed by atoms with Gasteiger partial charge in [-0.05, 0) is 19.1 Å². The second-order valence-corrected chi connectivity index (χ2v) is 4.90. The predicted molar refractivity (Wildman–Crippen MR) is 72.6 cm³/mol. The van der Waals surface area contributed by atoms with Gasteiger partial charge in [0, 0.05) is 16.6 Å². The monoisotopic (exact) mass is 260 g/mol. The number of nitrogens with zero attached hydrogens (tertiary/aromatic N) is 2. The average molecular weight is 260 g/mol. The number of hydrogen-bond acceptors (Lipinski definition) is 6. The summed E-state index contributed by atoms with van der Waals surface area (Å²) in [6.07, 6.45) is 0. The van der Waals surface area contributed by atoms with Gasteiger partial charge >= 0.3 is 0 Å². The topological polar surface area (TPSA) is 77.0 Å². The summed E-state index contributed by atoms with van der Waals surface area (Å²) in [7, 11) is 0. The van der Waals surface area contributed by atoms with E-state index in [-0.39, 0.29) is 0 Å². The van der Waals surface area contributed by atoms with E-state index in [1.165, 1.54) is 4.88 Å². The van der Waals surface area contributed by atoms with E-state index < -0.39 is 0 Å². The van der Waals surface area contributed by atoms with E-state index in [4.69, 9.17) is 10.2 Å². The van der Waals surface area contributed by atoms with Crippen LogP contribution in [0.5, 0.6) is 0 Å². The van der Waals surface area contributed by atoms with Gasteiger partial charge < -0.3 is 15.5 Å². The zero-order valence-corrected chi connectivity index (χ0v) is 10.6. The maximum atomic E-state index is 5.69. The molecule has 2 heterocycles. The number of hydrogen-bond donors (Lipinski definition) is 2. The molecule has 0 saturated carbocycles. The molecule has 6 heteroatoms. The third-order valence-electron chi connectivity index (χ3n) is 2.66. The smallest absolute Gasteiger partial charge is 0.295 e. The molecule has 2 aromatic heterocycles. The van der Waals surface area contributed by atoms with Gasteiger partial charge in [-0.15, -0.1) is 11.3 Å². The number of thiazole rings is 1. The highest BCUT2D eigenvalue weighted by atomic mass is 32.1. The number of benzene rings is 1. The third kappa shape index (κ3) is 2.02. The van der Waals surface area contributed by atoms with Gasteiger partial charge in [0.1, 0.15) is 5.52 Å². The minimum atomic E-state index is 0.503. The lowest BCUT2D eigenvalue weighted by Crippen LogP contribution is -1.98. The van der Waals surface area contributed by atoms with E-state index in [0.717, 1.165) is 11.2 Å². The molecule has 0 aliphatic heterocycles. The normalized spacial score (nSPS) is 10.9. The highest BCUT2D eigenvalue weighted by molar-refractivity contribution is 7.09. The molecule has 0 unspecified atom stereocenters. The number of nitrogens with two attached hydrogens (primary N) is 1. The SMILES string of the molecule is Cc1ncsc1CNc1nc2ccc(N)cc2o1. The lowest BCUT2D eigenvalue weighted by atomic mass is 10.3. The van der Waals surface area contributed by atoms with Gasteiger partial charge in [-0.1, -0.05) is 0 Å². The fraction of sp³-hybridized carbons (Fsp3) is 0.167. The second-order valence-electron chi connectivity index (χ2n) is 3.96. The van der Waals surface area contributed by atoms with Crippen molar-refractivity contribution in [2.75, 3.05) is 11.1 Å². The molecule has 0 aliphatic carbocycles. The van der Waals surface area contributed by atoms with Crippen molar-refractivity contribution < 1.29 is 4.42 Å². The second kappa shape index (κ2) is 4.30. The van der Waals surface area contributed by atoms with Crippen LogP contribution in [0, 0.1) is 6.92 Å². The van der Waals surface area contributed by atoms with Crippen LogP contribution < -0.4 is 11.1 Å². The Morgan fingerprint density at radius 2 is 2.33 bits per heavy atom. The number of oxazole rings is 1. The zero-order valence-electron chi connectivity index (χ0n) is 9.80. The van der Waals surface area contributed by atoms with Crippen molar-refractivity contribution >= 4 is 34.1 Å². The molecule has 3 rings (SSSR count). The van der Waals surface area contributed by atoms with Crippen LogP contribution in [-0.4, -0.2) is 9.97 Å². The number of anilines is 2. The van der Waals surface area contributed by atoms with Crippen LogP contribution in [0.4, 0.5) is 11.7 Å². The van der Waals surface area contributed by atoms with Gasteiger partial charge in [0.15, 0.2) is 5.58 Å². The highest BCUT2D eigenvalue weighted by Crippen LogP contribution is 2.22. The molecule has 0 radical (unpaired) electrons. The number of aromatic nitrogens is 2. The van der Waals surface area contributed by atoms with Crippen molar-refractivity contribution in [1.29, 1.82) is 0 Å². The van der Waals surface area contributed by atoms with E-state index in [1.807, 2.05) is 24.6 Å². The first-order chi connectivity index (χ1) is 8.72. The summed E-state index contributed by atoms with van der Waals surface area (Å²) >= 11 is 1.62. The minimum Gasteiger partial charge on any atom is -0.423 e. The Morgan fingerprint density at radius 3 is 3.11 bits per heavy atom. The number of nitrogens with one attached hydrogen (secondary N) is 1. The molecule has 0 atom stereocenters. The number of rotatable bonds is 3. The highest BCUT2D eigenvalue weighted by Gasteiger charge is 2.07. The van der Waals surface area contributed by atoms with Gasteiger partial charge in [-0.3, -0.25) is 0 Å². The Balaban J connectivity index is 1.81. The van der Waals surface area contributed by atoms with E-state index in [2.05, 4.69) is 15.3 Å². The molecular formula is C12H12N4OS. The number of aryl methyl sites for hydroxylation is 1. The average Bonchev–Trinajstić information content (AvgIpc) is 2.92. The largest absolute Gasteiger partial charge is 0.423 e. The van der Waals surface area contributed by atoms with Gasteiger partial charge in [-0.25, -0.2) is 4.98 Å². The lowest BCUT2D eigenvalue weighted by Gasteiger charge is -1.98. The predicted octanol–water partition coefficient (Wildman–Crippen LogP) is 2.79. The molecule has 0 amide bonds. The summed E-state index contributed by atoms with van der Waals surface area (Å²) in [5, 5.41) is 3.15. The van der Waals surface area contributed by atoms with Crippen molar-refractivity contribution in [1.82, 2.24) is 9.97 Å². The van der Waals surface area contributed by atoms with E-state index >= 15 is 0 Å². The van der Waals surface area contributed by atoms with Crippen LogP contribution in [0.2, 0.25) is 0 Å². The third-order valence-corrected chi connectivity index (χ3v) is 3.59. The van der Waals surface area contributed by atoms with E-state index in [0.29, 0.717) is 23.8 Å². The first-order valence-corrected chi connectivity index (χ1v) is 6.39. The summed E-state index contributed by atoms with van der Waals surface area (Å²) in [5.41, 5.74) is 10.7. The van der Waals surface area contributed by atoms with Gasteiger partial charge in [-0.2, -0.15) is 4.98 Å². The van der Waals surface area contributed by atoms with Crippen LogP contribution in [-0.2, 0) is 6.54 Å². The van der Waals surface area contributed by atoms with Crippen LogP contribution in [0.15, 0.2) is 28.1 Å². The van der Waals surface area contributed by atoms with Crippen LogP contribution in [0.1, 0.15) is 10.6 Å². The van der Waals surface area contributed by atoms with Crippen LogP contribution >= 0.6 is 11.3 Å².